The third kappa shape index (κ3) is 2.50. The Hall–Kier alpha value is -2.63. The molecule has 1 aliphatic rings. The van der Waals surface area contributed by atoms with Crippen LogP contribution in [0.2, 0.25) is 0 Å². The summed E-state index contributed by atoms with van der Waals surface area (Å²) in [4.78, 5) is 14.3. The molecule has 23 heavy (non-hydrogen) atoms. The summed E-state index contributed by atoms with van der Waals surface area (Å²) >= 11 is 0. The first-order valence-electron chi connectivity index (χ1n) is 7.76. The van der Waals surface area contributed by atoms with E-state index in [4.69, 9.17) is 4.52 Å². The van der Waals surface area contributed by atoms with E-state index in [1.165, 1.54) is 12.8 Å². The number of nitrogens with zero attached hydrogens (tertiary/aromatic N) is 4. The molecule has 0 bridgehead atoms. The second-order valence-electron chi connectivity index (χ2n) is 6.15. The molecule has 0 radical (unpaired) electrons. The molecule has 6 nitrogen and oxygen atoms in total. The maximum Gasteiger partial charge on any atom is 0.275 e. The third-order valence-electron chi connectivity index (χ3n) is 4.26. The van der Waals surface area contributed by atoms with Crippen LogP contribution in [0.15, 0.2) is 34.9 Å². The zero-order chi connectivity index (χ0) is 16.0. The number of amides is 1. The zero-order valence-corrected chi connectivity index (χ0v) is 13.2. The van der Waals surface area contributed by atoms with Crippen molar-refractivity contribution in [3.8, 4) is 0 Å². The molecule has 0 N–H and O–H groups in total. The molecule has 6 heteroatoms. The Morgan fingerprint density at radius 1 is 1.39 bits per heavy atom. The average molecular weight is 310 g/mol. The van der Waals surface area contributed by atoms with Gasteiger partial charge in [0.05, 0.1) is 12.1 Å². The quantitative estimate of drug-likeness (QED) is 0.743. The number of fused-ring (bicyclic) bond motifs is 1. The Balaban J connectivity index is 1.56. The van der Waals surface area contributed by atoms with Crippen LogP contribution in [0.5, 0.6) is 0 Å². The van der Waals surface area contributed by atoms with Crippen LogP contribution in [0, 0.1) is 0 Å². The Morgan fingerprint density at radius 2 is 2.17 bits per heavy atom. The maximum atomic E-state index is 12.7. The topological polar surface area (TPSA) is 64.2 Å². The highest BCUT2D eigenvalue weighted by Crippen LogP contribution is 2.40. The number of hydrogen-bond donors (Lipinski definition) is 0. The van der Waals surface area contributed by atoms with Gasteiger partial charge >= 0.3 is 0 Å². The lowest BCUT2D eigenvalue weighted by Crippen LogP contribution is -2.27. The van der Waals surface area contributed by atoms with Crippen molar-refractivity contribution in [1.82, 2.24) is 19.8 Å². The lowest BCUT2D eigenvalue weighted by molar-refractivity contribution is 0.0777. The van der Waals surface area contributed by atoms with Gasteiger partial charge in [0, 0.05) is 31.5 Å². The lowest BCUT2D eigenvalue weighted by Gasteiger charge is -2.14. The minimum absolute atomic E-state index is 0.113. The fourth-order valence-electron chi connectivity index (χ4n) is 2.83. The minimum atomic E-state index is -0.113. The molecule has 3 aromatic rings. The summed E-state index contributed by atoms with van der Waals surface area (Å²) in [6, 6.07) is 9.69. The van der Waals surface area contributed by atoms with Crippen molar-refractivity contribution >= 4 is 16.8 Å². The number of aryl methyl sites for hydroxylation is 1. The van der Waals surface area contributed by atoms with Crippen molar-refractivity contribution in [3.05, 3.63) is 47.5 Å². The summed E-state index contributed by atoms with van der Waals surface area (Å²) in [5, 5.41) is 9.31. The Morgan fingerprint density at radius 3 is 2.96 bits per heavy atom. The van der Waals surface area contributed by atoms with E-state index < -0.39 is 0 Å². The van der Waals surface area contributed by atoms with Gasteiger partial charge in [0.25, 0.3) is 5.91 Å². The molecular weight excluding hydrogens is 292 g/mol. The summed E-state index contributed by atoms with van der Waals surface area (Å²) in [7, 11) is 3.61. The summed E-state index contributed by atoms with van der Waals surface area (Å²) in [6.07, 6.45) is 2.34. The number of rotatable bonds is 4. The molecule has 2 heterocycles. The van der Waals surface area contributed by atoms with Gasteiger partial charge in [-0.25, -0.2) is 0 Å². The van der Waals surface area contributed by atoms with Crippen LogP contribution < -0.4 is 0 Å². The number of carbonyl (C=O) groups is 1. The zero-order valence-electron chi connectivity index (χ0n) is 13.2. The largest absolute Gasteiger partial charge is 0.361 e. The average Bonchev–Trinajstić information content (AvgIpc) is 3.22. The standard InChI is InChI=1S/C17H18N4O2/c1-20(10-12-9-15(23-19-12)11-7-8-11)17(22)16-13-5-3-4-6-14(13)21(2)18-16/h3-6,9,11H,7-8,10H2,1-2H3. The summed E-state index contributed by atoms with van der Waals surface area (Å²) < 4.78 is 7.08. The van der Waals surface area contributed by atoms with Crippen molar-refractivity contribution in [2.24, 2.45) is 7.05 Å². The van der Waals surface area contributed by atoms with E-state index in [9.17, 15) is 4.79 Å². The number of carbonyl (C=O) groups excluding carboxylic acids is 1. The second kappa shape index (κ2) is 5.22. The van der Waals surface area contributed by atoms with Crippen molar-refractivity contribution in [3.63, 3.8) is 0 Å². The van der Waals surface area contributed by atoms with Gasteiger partial charge in [0.2, 0.25) is 0 Å². The van der Waals surface area contributed by atoms with E-state index in [0.717, 1.165) is 22.4 Å². The predicted molar refractivity (Wildman–Crippen MR) is 85.0 cm³/mol. The van der Waals surface area contributed by atoms with E-state index in [1.807, 2.05) is 37.4 Å². The molecule has 0 saturated heterocycles. The van der Waals surface area contributed by atoms with Crippen LogP contribution in [-0.4, -0.2) is 32.8 Å². The van der Waals surface area contributed by atoms with Gasteiger partial charge in [0.1, 0.15) is 11.5 Å². The lowest BCUT2D eigenvalue weighted by atomic mass is 10.2. The first-order valence-corrected chi connectivity index (χ1v) is 7.76. The van der Waals surface area contributed by atoms with Gasteiger partial charge < -0.3 is 9.42 Å². The molecule has 0 spiro atoms. The van der Waals surface area contributed by atoms with Crippen molar-refractivity contribution < 1.29 is 9.32 Å². The van der Waals surface area contributed by atoms with Crippen LogP contribution in [0.25, 0.3) is 10.9 Å². The molecule has 1 aromatic carbocycles. The fourth-order valence-corrected chi connectivity index (χ4v) is 2.83. The molecule has 0 aliphatic heterocycles. The molecule has 118 valence electrons. The summed E-state index contributed by atoms with van der Waals surface area (Å²) in [5.74, 6) is 1.35. The van der Waals surface area contributed by atoms with Crippen molar-refractivity contribution in [1.29, 1.82) is 0 Å². The molecule has 1 fully saturated rings. The number of aromatic nitrogens is 3. The van der Waals surface area contributed by atoms with E-state index >= 15 is 0 Å². The molecule has 0 atom stereocenters. The van der Waals surface area contributed by atoms with E-state index in [-0.39, 0.29) is 5.91 Å². The summed E-state index contributed by atoms with van der Waals surface area (Å²) in [6.45, 7) is 0.417. The molecule has 2 aromatic heterocycles. The van der Waals surface area contributed by atoms with Gasteiger partial charge in [-0.15, -0.1) is 0 Å². The molecule has 4 rings (SSSR count). The monoisotopic (exact) mass is 310 g/mol. The minimum Gasteiger partial charge on any atom is -0.361 e. The van der Waals surface area contributed by atoms with Gasteiger partial charge in [0.15, 0.2) is 5.69 Å². The Labute approximate surface area is 133 Å². The Kier molecular flexibility index (Phi) is 3.18. The fraction of sp³-hybridized carbons (Fsp3) is 0.353. The van der Waals surface area contributed by atoms with Gasteiger partial charge in [-0.05, 0) is 18.9 Å². The van der Waals surface area contributed by atoms with Gasteiger partial charge in [-0.3, -0.25) is 9.48 Å². The highest BCUT2D eigenvalue weighted by Gasteiger charge is 2.28. The van der Waals surface area contributed by atoms with Gasteiger partial charge in [-0.1, -0.05) is 23.4 Å². The van der Waals surface area contributed by atoms with Gasteiger partial charge in [-0.2, -0.15) is 5.10 Å². The summed E-state index contributed by atoms with van der Waals surface area (Å²) in [5.41, 5.74) is 2.20. The molecule has 1 saturated carbocycles. The molecule has 0 unspecified atom stereocenters. The molecule has 1 amide bonds. The number of para-hydroxylation sites is 1. The normalized spacial score (nSPS) is 14.3. The smallest absolute Gasteiger partial charge is 0.275 e. The third-order valence-corrected chi connectivity index (χ3v) is 4.26. The highest BCUT2D eigenvalue weighted by molar-refractivity contribution is 6.04. The van der Waals surface area contributed by atoms with Crippen LogP contribution in [0.1, 0.15) is 40.7 Å². The van der Waals surface area contributed by atoms with E-state index in [2.05, 4.69) is 10.3 Å². The van der Waals surface area contributed by atoms with E-state index in [1.54, 1.807) is 16.6 Å². The number of benzene rings is 1. The molecule has 1 aliphatic carbocycles. The molecular formula is C17H18N4O2. The van der Waals surface area contributed by atoms with Crippen LogP contribution >= 0.6 is 0 Å². The Bertz CT molecular complexity index is 876. The first kappa shape index (κ1) is 14.0. The predicted octanol–water partition coefficient (Wildman–Crippen LogP) is 2.71. The number of hydrogen-bond acceptors (Lipinski definition) is 4. The van der Waals surface area contributed by atoms with Crippen LogP contribution in [0.3, 0.4) is 0 Å². The first-order chi connectivity index (χ1) is 11.1. The van der Waals surface area contributed by atoms with Crippen molar-refractivity contribution in [2.75, 3.05) is 7.05 Å². The highest BCUT2D eigenvalue weighted by atomic mass is 16.5. The van der Waals surface area contributed by atoms with Crippen molar-refractivity contribution in [2.45, 2.75) is 25.3 Å². The van der Waals surface area contributed by atoms with E-state index in [0.29, 0.717) is 18.2 Å². The van der Waals surface area contributed by atoms with Crippen LogP contribution in [0.4, 0.5) is 0 Å². The van der Waals surface area contributed by atoms with Crippen LogP contribution in [-0.2, 0) is 13.6 Å². The SMILES string of the molecule is CN(Cc1cc(C2CC2)on1)C(=O)c1nn(C)c2ccccc12. The second-order valence-corrected chi connectivity index (χ2v) is 6.15. The maximum absolute atomic E-state index is 12.7.